The van der Waals surface area contributed by atoms with Gasteiger partial charge in [0, 0.05) is 31.2 Å². The first-order valence-electron chi connectivity index (χ1n) is 7.77. The summed E-state index contributed by atoms with van der Waals surface area (Å²) in [6.45, 7) is 2.50. The number of carbonyl (C=O) groups excluding carboxylic acids is 1. The predicted octanol–water partition coefficient (Wildman–Crippen LogP) is 2.62. The van der Waals surface area contributed by atoms with Gasteiger partial charge < -0.3 is 14.8 Å². The predicted molar refractivity (Wildman–Crippen MR) is 96.3 cm³/mol. The Kier molecular flexibility index (Phi) is 4.19. The van der Waals surface area contributed by atoms with Crippen molar-refractivity contribution < 1.29 is 4.79 Å². The van der Waals surface area contributed by atoms with Gasteiger partial charge in [0.05, 0.1) is 16.9 Å². The van der Waals surface area contributed by atoms with Crippen molar-refractivity contribution in [2.75, 3.05) is 31.1 Å². The third-order valence-electron chi connectivity index (χ3n) is 4.23. The van der Waals surface area contributed by atoms with Gasteiger partial charge in [0.1, 0.15) is 11.8 Å². The van der Waals surface area contributed by atoms with Gasteiger partial charge in [-0.1, -0.05) is 23.2 Å². The lowest BCUT2D eigenvalue weighted by Crippen LogP contribution is -2.49. The Morgan fingerprint density at radius 2 is 1.88 bits per heavy atom. The average molecular weight is 377 g/mol. The molecule has 0 saturated carbocycles. The van der Waals surface area contributed by atoms with Crippen molar-refractivity contribution in [2.24, 2.45) is 0 Å². The number of benzene rings is 1. The number of anilines is 1. The molecule has 0 aliphatic carbocycles. The lowest BCUT2D eigenvalue weighted by Gasteiger charge is -2.35. The van der Waals surface area contributed by atoms with Gasteiger partial charge in [0.15, 0.2) is 11.5 Å². The molecule has 7 nitrogen and oxygen atoms in total. The van der Waals surface area contributed by atoms with Crippen LogP contribution >= 0.6 is 23.2 Å². The van der Waals surface area contributed by atoms with E-state index >= 15 is 0 Å². The normalized spacial score (nSPS) is 15.0. The van der Waals surface area contributed by atoms with Crippen LogP contribution < -0.4 is 4.90 Å². The molecule has 3 heterocycles. The molecule has 0 atom stereocenters. The van der Waals surface area contributed by atoms with Crippen LogP contribution in [0.5, 0.6) is 0 Å². The van der Waals surface area contributed by atoms with Gasteiger partial charge in [-0.3, -0.25) is 4.79 Å². The summed E-state index contributed by atoms with van der Waals surface area (Å²) in [5.41, 5.74) is 1.91. The molecule has 1 aromatic carbocycles. The Balaban J connectivity index is 1.50. The Hall–Kier alpha value is -2.38. The van der Waals surface area contributed by atoms with E-state index in [9.17, 15) is 4.79 Å². The van der Waals surface area contributed by atoms with Crippen LogP contribution in [0, 0.1) is 0 Å². The van der Waals surface area contributed by atoms with E-state index in [4.69, 9.17) is 23.2 Å². The van der Waals surface area contributed by atoms with Gasteiger partial charge >= 0.3 is 0 Å². The van der Waals surface area contributed by atoms with Crippen LogP contribution in [-0.2, 0) is 0 Å². The first-order chi connectivity index (χ1) is 12.1. The number of imidazole rings is 1. The van der Waals surface area contributed by atoms with Crippen LogP contribution in [0.1, 0.15) is 10.4 Å². The largest absolute Gasteiger partial charge is 0.351 e. The molecule has 0 spiro atoms. The number of H-pyrrole nitrogens is 1. The van der Waals surface area contributed by atoms with Crippen LogP contribution in [0.15, 0.2) is 30.9 Å². The number of hydrogen-bond donors (Lipinski definition) is 1. The van der Waals surface area contributed by atoms with E-state index in [1.54, 1.807) is 29.4 Å². The minimum atomic E-state index is -0.0873. The average Bonchev–Trinajstić information content (AvgIpc) is 3.10. The maximum atomic E-state index is 12.7. The molecule has 0 unspecified atom stereocenters. The van der Waals surface area contributed by atoms with Crippen LogP contribution in [0.3, 0.4) is 0 Å². The number of hydrogen-bond acceptors (Lipinski definition) is 5. The standard InChI is InChI=1S/C16H14Cl2N6O/c17-10-1-2-11(12(18)7-10)16(25)24-5-3-23(4-6-24)15-13-14(20-8-19-13)21-9-22-15/h1-2,7-9H,3-6H2,(H,19,20,21,22). The van der Waals surface area contributed by atoms with E-state index < -0.39 is 0 Å². The van der Waals surface area contributed by atoms with Gasteiger partial charge in [0.2, 0.25) is 0 Å². The molecule has 1 aliphatic heterocycles. The first-order valence-corrected chi connectivity index (χ1v) is 8.52. The Morgan fingerprint density at radius 3 is 2.64 bits per heavy atom. The molecule has 1 N–H and O–H groups in total. The van der Waals surface area contributed by atoms with Crippen molar-refractivity contribution >= 4 is 46.1 Å². The molecule has 9 heteroatoms. The molecule has 1 fully saturated rings. The zero-order valence-electron chi connectivity index (χ0n) is 13.1. The van der Waals surface area contributed by atoms with E-state index in [0.717, 1.165) is 11.3 Å². The summed E-state index contributed by atoms with van der Waals surface area (Å²) < 4.78 is 0. The monoisotopic (exact) mass is 376 g/mol. The van der Waals surface area contributed by atoms with Gasteiger partial charge in [-0.15, -0.1) is 0 Å². The van der Waals surface area contributed by atoms with Gasteiger partial charge in [-0.25, -0.2) is 15.0 Å². The summed E-state index contributed by atoms with van der Waals surface area (Å²) in [6, 6.07) is 4.92. The van der Waals surface area contributed by atoms with Crippen molar-refractivity contribution in [1.29, 1.82) is 0 Å². The zero-order valence-corrected chi connectivity index (χ0v) is 14.6. The molecular weight excluding hydrogens is 363 g/mol. The summed E-state index contributed by atoms with van der Waals surface area (Å²) in [5.74, 6) is 0.717. The molecule has 4 rings (SSSR count). The van der Waals surface area contributed by atoms with Crippen molar-refractivity contribution in [3.05, 3.63) is 46.5 Å². The highest BCUT2D eigenvalue weighted by Crippen LogP contribution is 2.24. The Labute approximate surface area is 153 Å². The van der Waals surface area contributed by atoms with Crippen LogP contribution in [0.2, 0.25) is 10.0 Å². The number of aromatic nitrogens is 4. The fourth-order valence-electron chi connectivity index (χ4n) is 2.95. The van der Waals surface area contributed by atoms with E-state index in [0.29, 0.717) is 47.4 Å². The number of nitrogens with one attached hydrogen (secondary N) is 1. The minimum Gasteiger partial charge on any atom is -0.351 e. The first kappa shape index (κ1) is 16.1. The van der Waals surface area contributed by atoms with Crippen LogP contribution in [0.25, 0.3) is 11.2 Å². The van der Waals surface area contributed by atoms with Crippen molar-refractivity contribution in [3.63, 3.8) is 0 Å². The number of rotatable bonds is 2. The van der Waals surface area contributed by atoms with Crippen LogP contribution in [-0.4, -0.2) is 56.9 Å². The Morgan fingerprint density at radius 1 is 1.08 bits per heavy atom. The van der Waals surface area contributed by atoms with Gasteiger partial charge in [-0.2, -0.15) is 0 Å². The van der Waals surface area contributed by atoms with Crippen molar-refractivity contribution in [1.82, 2.24) is 24.8 Å². The summed E-state index contributed by atoms with van der Waals surface area (Å²) in [7, 11) is 0. The fraction of sp³-hybridized carbons (Fsp3) is 0.250. The molecular formula is C16H14Cl2N6O. The number of aromatic amines is 1. The van der Waals surface area contributed by atoms with E-state index in [1.165, 1.54) is 6.33 Å². The molecule has 1 saturated heterocycles. The van der Waals surface area contributed by atoms with Crippen molar-refractivity contribution in [3.8, 4) is 0 Å². The smallest absolute Gasteiger partial charge is 0.255 e. The number of fused-ring (bicyclic) bond motifs is 1. The number of halogens is 2. The van der Waals surface area contributed by atoms with Gasteiger partial charge in [0.25, 0.3) is 5.91 Å². The lowest BCUT2D eigenvalue weighted by molar-refractivity contribution is 0.0747. The molecule has 3 aromatic rings. The molecule has 0 radical (unpaired) electrons. The molecule has 0 bridgehead atoms. The molecule has 25 heavy (non-hydrogen) atoms. The second kappa shape index (κ2) is 6.50. The highest BCUT2D eigenvalue weighted by Gasteiger charge is 2.25. The highest BCUT2D eigenvalue weighted by molar-refractivity contribution is 6.36. The second-order valence-corrected chi connectivity index (χ2v) is 6.55. The quantitative estimate of drug-likeness (QED) is 0.743. The number of carbonyl (C=O) groups is 1. The molecule has 128 valence electrons. The maximum absolute atomic E-state index is 12.7. The van der Waals surface area contributed by atoms with E-state index in [2.05, 4.69) is 24.8 Å². The fourth-order valence-corrected chi connectivity index (χ4v) is 3.44. The highest BCUT2D eigenvalue weighted by atomic mass is 35.5. The third-order valence-corrected chi connectivity index (χ3v) is 4.78. The number of amides is 1. The summed E-state index contributed by atoms with van der Waals surface area (Å²) in [6.07, 6.45) is 3.11. The summed E-state index contributed by atoms with van der Waals surface area (Å²) in [5, 5.41) is 0.883. The van der Waals surface area contributed by atoms with E-state index in [-0.39, 0.29) is 5.91 Å². The number of piperazine rings is 1. The zero-order chi connectivity index (χ0) is 17.4. The van der Waals surface area contributed by atoms with E-state index in [1.807, 2.05) is 0 Å². The Bertz CT molecular complexity index is 935. The molecule has 1 amide bonds. The van der Waals surface area contributed by atoms with Crippen molar-refractivity contribution in [2.45, 2.75) is 0 Å². The second-order valence-electron chi connectivity index (χ2n) is 5.70. The summed E-state index contributed by atoms with van der Waals surface area (Å²) >= 11 is 12.0. The SMILES string of the molecule is O=C(c1ccc(Cl)cc1Cl)N1CCN(c2ncnc3nc[nH]c23)CC1. The topological polar surface area (TPSA) is 78.0 Å². The lowest BCUT2D eigenvalue weighted by atomic mass is 10.1. The van der Waals surface area contributed by atoms with Gasteiger partial charge in [-0.05, 0) is 18.2 Å². The summed E-state index contributed by atoms with van der Waals surface area (Å²) in [4.78, 5) is 32.3. The number of nitrogens with zero attached hydrogens (tertiary/aromatic N) is 5. The minimum absolute atomic E-state index is 0.0873. The molecule has 2 aromatic heterocycles. The van der Waals surface area contributed by atoms with Crippen LogP contribution in [0.4, 0.5) is 5.82 Å². The molecule has 1 aliphatic rings. The maximum Gasteiger partial charge on any atom is 0.255 e. The third kappa shape index (κ3) is 3.01.